The molecule has 3 aromatic rings. The van der Waals surface area contributed by atoms with Crippen molar-refractivity contribution in [2.24, 2.45) is 0 Å². The number of fused-ring (bicyclic) bond motifs is 3. The molecule has 0 N–H and O–H groups in total. The molecule has 0 radical (unpaired) electrons. The molecule has 0 aliphatic carbocycles. The Balaban J connectivity index is 1.85. The fourth-order valence-corrected chi connectivity index (χ4v) is 2.78. The topological polar surface area (TPSA) is 43.6 Å². The van der Waals surface area contributed by atoms with Gasteiger partial charge in [-0.05, 0) is 31.5 Å². The molecule has 0 saturated heterocycles. The molecule has 0 spiro atoms. The molecule has 4 heteroatoms. The van der Waals surface area contributed by atoms with Gasteiger partial charge in [0.05, 0.1) is 6.54 Å². The van der Waals surface area contributed by atoms with Gasteiger partial charge in [-0.2, -0.15) is 5.10 Å². The van der Waals surface area contributed by atoms with Crippen LogP contribution in [0.5, 0.6) is 0 Å². The first kappa shape index (κ1) is 11.3. The maximum atomic E-state index is 4.71. The van der Waals surface area contributed by atoms with E-state index in [2.05, 4.69) is 28.3 Å². The van der Waals surface area contributed by atoms with Crippen LogP contribution in [0.15, 0.2) is 36.4 Å². The quantitative estimate of drug-likeness (QED) is 0.529. The molecule has 0 fully saturated rings. The van der Waals surface area contributed by atoms with E-state index in [9.17, 15) is 0 Å². The van der Waals surface area contributed by atoms with E-state index in [-0.39, 0.29) is 0 Å². The van der Waals surface area contributed by atoms with E-state index in [1.165, 1.54) is 11.1 Å². The molecule has 1 aliphatic heterocycles. The van der Waals surface area contributed by atoms with Gasteiger partial charge in [0.2, 0.25) is 0 Å². The Bertz CT molecular complexity index is 797. The molecule has 4 rings (SSSR count). The van der Waals surface area contributed by atoms with Gasteiger partial charge in [0.25, 0.3) is 0 Å². The number of hydrogen-bond donors (Lipinski definition) is 0. The Morgan fingerprint density at radius 3 is 2.55 bits per heavy atom. The molecule has 4 nitrogen and oxygen atoms in total. The van der Waals surface area contributed by atoms with Crippen molar-refractivity contribution in [1.82, 2.24) is 19.7 Å². The molecule has 0 amide bonds. The Morgan fingerprint density at radius 1 is 1.00 bits per heavy atom. The minimum Gasteiger partial charge on any atom is -0.258 e. The summed E-state index contributed by atoms with van der Waals surface area (Å²) in [6.45, 7) is 4.80. The lowest BCUT2D eigenvalue weighted by Crippen LogP contribution is -1.96. The maximum absolute atomic E-state index is 4.71. The molecule has 1 aliphatic rings. The van der Waals surface area contributed by atoms with E-state index >= 15 is 0 Å². The number of aryl methyl sites for hydroxylation is 2. The zero-order chi connectivity index (χ0) is 13.7. The van der Waals surface area contributed by atoms with Crippen LogP contribution >= 0.6 is 0 Å². The second kappa shape index (κ2) is 4.00. The summed E-state index contributed by atoms with van der Waals surface area (Å²) < 4.78 is 1.98. The number of hydrogen-bond acceptors (Lipinski definition) is 3. The van der Waals surface area contributed by atoms with Crippen molar-refractivity contribution in [3.63, 3.8) is 0 Å². The van der Waals surface area contributed by atoms with Crippen LogP contribution in [0.3, 0.4) is 0 Å². The van der Waals surface area contributed by atoms with Crippen LogP contribution in [0.1, 0.15) is 17.0 Å². The summed E-state index contributed by atoms with van der Waals surface area (Å²) in [6, 6.07) is 12.4. The van der Waals surface area contributed by atoms with Crippen LogP contribution in [-0.2, 0) is 6.54 Å². The van der Waals surface area contributed by atoms with Gasteiger partial charge >= 0.3 is 0 Å². The summed E-state index contributed by atoms with van der Waals surface area (Å²) >= 11 is 0. The molecule has 0 saturated carbocycles. The Kier molecular flexibility index (Phi) is 2.27. The minimum atomic E-state index is 0.781. The zero-order valence-corrected chi connectivity index (χ0v) is 11.5. The van der Waals surface area contributed by atoms with Gasteiger partial charge in [-0.1, -0.05) is 24.3 Å². The van der Waals surface area contributed by atoms with Crippen molar-refractivity contribution in [3.8, 4) is 22.8 Å². The van der Waals surface area contributed by atoms with E-state index in [1.807, 2.05) is 36.7 Å². The highest BCUT2D eigenvalue weighted by Gasteiger charge is 2.22. The van der Waals surface area contributed by atoms with Crippen molar-refractivity contribution < 1.29 is 0 Å². The van der Waals surface area contributed by atoms with Crippen molar-refractivity contribution in [2.45, 2.75) is 20.4 Å². The van der Waals surface area contributed by atoms with Gasteiger partial charge in [-0.25, -0.2) is 9.67 Å². The Labute approximate surface area is 117 Å². The normalized spacial score (nSPS) is 12.3. The van der Waals surface area contributed by atoms with Crippen LogP contribution in [0.25, 0.3) is 22.8 Å². The van der Waals surface area contributed by atoms with Gasteiger partial charge in [0, 0.05) is 22.5 Å². The second-order valence-electron chi connectivity index (χ2n) is 5.21. The number of rotatable bonds is 1. The number of aromatic nitrogens is 4. The van der Waals surface area contributed by atoms with Gasteiger partial charge < -0.3 is 0 Å². The van der Waals surface area contributed by atoms with Crippen LogP contribution in [0.2, 0.25) is 0 Å². The maximum Gasteiger partial charge on any atom is 0.181 e. The monoisotopic (exact) mass is 262 g/mol. The molecule has 0 unspecified atom stereocenters. The molecular formula is C16H14N4. The predicted molar refractivity (Wildman–Crippen MR) is 77.3 cm³/mol. The third-order valence-electron chi connectivity index (χ3n) is 3.59. The van der Waals surface area contributed by atoms with Crippen LogP contribution in [0, 0.1) is 13.8 Å². The second-order valence-corrected chi connectivity index (χ2v) is 5.21. The molecule has 20 heavy (non-hydrogen) atoms. The molecule has 1 aromatic carbocycles. The van der Waals surface area contributed by atoms with Crippen LogP contribution < -0.4 is 0 Å². The summed E-state index contributed by atoms with van der Waals surface area (Å²) in [6.07, 6.45) is 0. The lowest BCUT2D eigenvalue weighted by Gasteiger charge is -2.01. The van der Waals surface area contributed by atoms with E-state index < -0.39 is 0 Å². The van der Waals surface area contributed by atoms with E-state index in [4.69, 9.17) is 4.98 Å². The largest absolute Gasteiger partial charge is 0.258 e. The Hall–Kier alpha value is -2.49. The fraction of sp³-hybridized carbons (Fsp3) is 0.188. The SMILES string of the molecule is Cc1cc(-c2nc3n(n2)Cc2ccccc2-3)cc(C)n1. The van der Waals surface area contributed by atoms with Gasteiger partial charge in [-0.15, -0.1) is 0 Å². The van der Waals surface area contributed by atoms with Crippen LogP contribution in [-0.4, -0.2) is 19.7 Å². The summed E-state index contributed by atoms with van der Waals surface area (Å²) in [4.78, 5) is 9.11. The predicted octanol–water partition coefficient (Wildman–Crippen LogP) is 2.99. The smallest absolute Gasteiger partial charge is 0.181 e. The van der Waals surface area contributed by atoms with Crippen molar-refractivity contribution >= 4 is 0 Å². The highest BCUT2D eigenvalue weighted by Crippen LogP contribution is 2.31. The lowest BCUT2D eigenvalue weighted by atomic mass is 10.1. The molecule has 98 valence electrons. The highest BCUT2D eigenvalue weighted by molar-refractivity contribution is 5.67. The third kappa shape index (κ3) is 1.65. The highest BCUT2D eigenvalue weighted by atomic mass is 15.4. The first-order valence-corrected chi connectivity index (χ1v) is 6.69. The summed E-state index contributed by atoms with van der Waals surface area (Å²) in [5.41, 5.74) is 5.50. The average molecular weight is 262 g/mol. The van der Waals surface area contributed by atoms with Gasteiger partial charge in [0.1, 0.15) is 0 Å². The van der Waals surface area contributed by atoms with E-state index in [0.717, 1.165) is 35.1 Å². The summed E-state index contributed by atoms with van der Waals surface area (Å²) in [5, 5.41) is 4.64. The molecule has 2 aromatic heterocycles. The van der Waals surface area contributed by atoms with Gasteiger partial charge in [-0.3, -0.25) is 4.98 Å². The van der Waals surface area contributed by atoms with Crippen molar-refractivity contribution in [3.05, 3.63) is 53.3 Å². The third-order valence-corrected chi connectivity index (χ3v) is 3.59. The molecular weight excluding hydrogens is 248 g/mol. The van der Waals surface area contributed by atoms with Gasteiger partial charge in [0.15, 0.2) is 11.6 Å². The average Bonchev–Trinajstić information content (AvgIpc) is 2.94. The zero-order valence-electron chi connectivity index (χ0n) is 11.5. The Morgan fingerprint density at radius 2 is 1.75 bits per heavy atom. The lowest BCUT2D eigenvalue weighted by molar-refractivity contribution is 0.722. The first-order valence-electron chi connectivity index (χ1n) is 6.69. The number of nitrogens with zero attached hydrogens (tertiary/aromatic N) is 4. The fourth-order valence-electron chi connectivity index (χ4n) is 2.78. The van der Waals surface area contributed by atoms with Crippen molar-refractivity contribution in [2.75, 3.05) is 0 Å². The molecule has 0 bridgehead atoms. The first-order chi connectivity index (χ1) is 9.70. The molecule has 0 atom stereocenters. The standard InChI is InChI=1S/C16H14N4/c1-10-7-13(8-11(2)17-10)15-18-16-14-6-4-3-5-12(14)9-20(16)19-15/h3-8H,9H2,1-2H3. The number of benzene rings is 1. The van der Waals surface area contributed by atoms with E-state index in [1.54, 1.807) is 0 Å². The van der Waals surface area contributed by atoms with Crippen molar-refractivity contribution in [1.29, 1.82) is 0 Å². The summed E-state index contributed by atoms with van der Waals surface area (Å²) in [7, 11) is 0. The number of pyridine rings is 1. The van der Waals surface area contributed by atoms with Crippen LogP contribution in [0.4, 0.5) is 0 Å². The van der Waals surface area contributed by atoms with E-state index in [0.29, 0.717) is 0 Å². The summed E-state index contributed by atoms with van der Waals surface area (Å²) in [5.74, 6) is 1.74. The molecule has 3 heterocycles. The minimum absolute atomic E-state index is 0.781.